The number of allylic oxidation sites excluding steroid dienone is 2. The van der Waals surface area contributed by atoms with Crippen molar-refractivity contribution in [3.05, 3.63) is 37.0 Å². The molecule has 0 amide bonds. The Morgan fingerprint density at radius 2 is 2.43 bits per heavy atom. The second-order valence-corrected chi connectivity index (χ2v) is 1.05. The van der Waals surface area contributed by atoms with E-state index in [0.29, 0.717) is 0 Å². The highest BCUT2D eigenvalue weighted by atomic mass is 13.6. The van der Waals surface area contributed by atoms with Crippen LogP contribution in [0.25, 0.3) is 0 Å². The van der Waals surface area contributed by atoms with Crippen molar-refractivity contribution < 1.29 is 0 Å². The third kappa shape index (κ3) is 5.13. The van der Waals surface area contributed by atoms with E-state index in [1.807, 2.05) is 25.5 Å². The summed E-state index contributed by atoms with van der Waals surface area (Å²) in [4.78, 5) is 0. The van der Waals surface area contributed by atoms with E-state index in [4.69, 9.17) is 0 Å². The number of hydrogen-bond donors (Lipinski definition) is 0. The minimum Gasteiger partial charge on any atom is -0.0256 e. The van der Waals surface area contributed by atoms with Crippen LogP contribution in [0, 0.1) is 6.42 Å². The molecular formula is C7H9+. The molecule has 0 aromatic rings. The standard InChI is InChI=1S/C7H9/c1-3-5-7-6-4-2/h3-5,7H,1H2,2H3/q+1. The summed E-state index contributed by atoms with van der Waals surface area (Å²) in [6.07, 6.45) is 7.21. The van der Waals surface area contributed by atoms with Gasteiger partial charge in [-0.05, 0) is 13.5 Å². The molecule has 36 valence electrons. The van der Waals surface area contributed by atoms with Gasteiger partial charge in [0.15, 0.2) is 0 Å². The third-order valence-electron chi connectivity index (χ3n) is 0.495. The van der Waals surface area contributed by atoms with Crippen LogP contribution in [0.5, 0.6) is 0 Å². The lowest BCUT2D eigenvalue weighted by atomic mass is 10.4. The van der Waals surface area contributed by atoms with Crippen molar-refractivity contribution in [3.63, 3.8) is 0 Å². The van der Waals surface area contributed by atoms with E-state index in [0.717, 1.165) is 0 Å². The summed E-state index contributed by atoms with van der Waals surface area (Å²) in [7, 11) is 0. The van der Waals surface area contributed by atoms with Crippen LogP contribution in [0.4, 0.5) is 0 Å². The van der Waals surface area contributed by atoms with Gasteiger partial charge in [0.25, 0.3) is 0 Å². The van der Waals surface area contributed by atoms with E-state index in [1.54, 1.807) is 6.08 Å². The van der Waals surface area contributed by atoms with Crippen molar-refractivity contribution in [2.75, 3.05) is 0 Å². The summed E-state index contributed by atoms with van der Waals surface area (Å²) < 4.78 is 0. The van der Waals surface area contributed by atoms with Crippen LogP contribution in [0.2, 0.25) is 0 Å². The van der Waals surface area contributed by atoms with Crippen molar-refractivity contribution in [3.8, 4) is 0 Å². The van der Waals surface area contributed by atoms with Gasteiger partial charge in [-0.3, -0.25) is 0 Å². The van der Waals surface area contributed by atoms with Gasteiger partial charge in [0.2, 0.25) is 0 Å². The molecule has 0 aromatic carbocycles. The predicted octanol–water partition coefficient (Wildman–Crippen LogP) is 2.11. The van der Waals surface area contributed by atoms with E-state index < -0.39 is 0 Å². The molecule has 0 heterocycles. The van der Waals surface area contributed by atoms with Crippen LogP contribution in [0.15, 0.2) is 30.5 Å². The first-order valence-electron chi connectivity index (χ1n) is 2.23. The van der Waals surface area contributed by atoms with Crippen molar-refractivity contribution in [1.29, 1.82) is 0 Å². The molecule has 0 aliphatic rings. The Labute approximate surface area is 44.9 Å². The summed E-state index contributed by atoms with van der Waals surface area (Å²) in [5.74, 6) is 0. The summed E-state index contributed by atoms with van der Waals surface area (Å²) in [6, 6.07) is 0. The lowest BCUT2D eigenvalue weighted by Gasteiger charge is -1.57. The second-order valence-electron chi connectivity index (χ2n) is 1.05. The highest BCUT2D eigenvalue weighted by molar-refractivity contribution is 5.04. The van der Waals surface area contributed by atoms with Gasteiger partial charge in [-0.1, -0.05) is 0 Å². The van der Waals surface area contributed by atoms with E-state index in [1.165, 1.54) is 0 Å². The van der Waals surface area contributed by atoms with Crippen molar-refractivity contribution >= 4 is 0 Å². The molecule has 0 bridgehead atoms. The maximum atomic E-state index is 3.49. The van der Waals surface area contributed by atoms with E-state index in [-0.39, 0.29) is 0 Å². The fourth-order valence-electron chi connectivity index (χ4n) is 0.220. The summed E-state index contributed by atoms with van der Waals surface area (Å²) in [5, 5.41) is 0. The molecule has 0 saturated carbocycles. The maximum Gasteiger partial charge on any atom is 0.101 e. The molecular weight excluding hydrogens is 84.1 g/mol. The zero-order valence-corrected chi connectivity index (χ0v) is 4.52. The highest BCUT2D eigenvalue weighted by Crippen LogP contribution is 1.75. The Morgan fingerprint density at radius 1 is 1.71 bits per heavy atom. The molecule has 0 heteroatoms. The average molecular weight is 93.1 g/mol. The molecule has 0 N–H and O–H groups in total. The highest BCUT2D eigenvalue weighted by Gasteiger charge is 1.67. The molecule has 0 spiro atoms. The smallest absolute Gasteiger partial charge is 0.0256 e. The van der Waals surface area contributed by atoms with Gasteiger partial charge in [-0.15, -0.1) is 0 Å². The van der Waals surface area contributed by atoms with Crippen LogP contribution in [-0.4, -0.2) is 0 Å². The van der Waals surface area contributed by atoms with E-state index in [2.05, 4.69) is 12.3 Å². The van der Waals surface area contributed by atoms with Gasteiger partial charge in [0.05, 0.1) is 0 Å². The van der Waals surface area contributed by atoms with Crippen molar-refractivity contribution in [1.82, 2.24) is 0 Å². The van der Waals surface area contributed by atoms with E-state index in [9.17, 15) is 0 Å². The SMILES string of the molecule is C=C[CH+]C=C=CC. The largest absolute Gasteiger partial charge is 0.101 e. The molecule has 0 radical (unpaired) electrons. The molecule has 0 rings (SSSR count). The Bertz CT molecular complexity index is 92.6. The first kappa shape index (κ1) is 6.13. The molecule has 0 unspecified atom stereocenters. The Hall–Kier alpha value is -0.870. The zero-order chi connectivity index (χ0) is 5.54. The topological polar surface area (TPSA) is 0 Å². The summed E-state index contributed by atoms with van der Waals surface area (Å²) in [5.41, 5.74) is 2.87. The molecule has 0 nitrogen and oxygen atoms in total. The normalized spacial score (nSPS) is 5.86. The molecule has 0 aliphatic carbocycles. The molecule has 0 saturated heterocycles. The van der Waals surface area contributed by atoms with Crippen LogP contribution in [-0.2, 0) is 0 Å². The summed E-state index contributed by atoms with van der Waals surface area (Å²) >= 11 is 0. The van der Waals surface area contributed by atoms with Gasteiger partial charge < -0.3 is 0 Å². The lowest BCUT2D eigenvalue weighted by Crippen LogP contribution is -1.49. The molecule has 0 atom stereocenters. The Morgan fingerprint density at radius 3 is 2.86 bits per heavy atom. The summed E-state index contributed by atoms with van der Waals surface area (Å²) in [6.45, 7) is 5.42. The van der Waals surface area contributed by atoms with Crippen molar-refractivity contribution in [2.24, 2.45) is 0 Å². The van der Waals surface area contributed by atoms with Gasteiger partial charge >= 0.3 is 0 Å². The van der Waals surface area contributed by atoms with Gasteiger partial charge in [0.1, 0.15) is 6.08 Å². The van der Waals surface area contributed by atoms with Gasteiger partial charge in [-0.2, -0.15) is 0 Å². The van der Waals surface area contributed by atoms with Gasteiger partial charge in [0, 0.05) is 24.3 Å². The van der Waals surface area contributed by atoms with Crippen LogP contribution >= 0.6 is 0 Å². The Kier molecular flexibility index (Phi) is 4.49. The maximum absolute atomic E-state index is 3.49. The van der Waals surface area contributed by atoms with Gasteiger partial charge in [-0.25, -0.2) is 0 Å². The van der Waals surface area contributed by atoms with Crippen LogP contribution < -0.4 is 0 Å². The lowest BCUT2D eigenvalue weighted by molar-refractivity contribution is 1.72. The Balaban J connectivity index is 3.27. The zero-order valence-electron chi connectivity index (χ0n) is 4.52. The number of hydrogen-bond acceptors (Lipinski definition) is 0. The molecule has 0 fully saturated rings. The predicted molar refractivity (Wildman–Crippen MR) is 32.8 cm³/mol. The molecule has 0 aliphatic heterocycles. The minimum atomic E-state index is 1.72. The number of rotatable bonds is 2. The van der Waals surface area contributed by atoms with E-state index >= 15 is 0 Å². The van der Waals surface area contributed by atoms with Crippen molar-refractivity contribution in [2.45, 2.75) is 6.92 Å². The van der Waals surface area contributed by atoms with Crippen LogP contribution in [0.1, 0.15) is 6.92 Å². The monoisotopic (exact) mass is 93.1 g/mol. The third-order valence-corrected chi connectivity index (χ3v) is 0.495. The molecule has 0 aromatic heterocycles. The first-order chi connectivity index (χ1) is 3.41. The second kappa shape index (κ2) is 5.13. The average Bonchev–Trinajstić information content (AvgIpc) is 1.69. The molecule has 7 heavy (non-hydrogen) atoms. The fourth-order valence-corrected chi connectivity index (χ4v) is 0.220. The fraction of sp³-hybridized carbons (Fsp3) is 0.143. The minimum absolute atomic E-state index is 1.72. The van der Waals surface area contributed by atoms with Crippen LogP contribution in [0.3, 0.4) is 0 Å². The quantitative estimate of drug-likeness (QED) is 0.362. The first-order valence-corrected chi connectivity index (χ1v) is 2.23.